The van der Waals surface area contributed by atoms with Crippen LogP contribution in [0.4, 0.5) is 8.78 Å². The molecule has 0 spiro atoms. The van der Waals surface area contributed by atoms with Gasteiger partial charge in [-0.25, -0.2) is 35.6 Å². The summed E-state index contributed by atoms with van der Waals surface area (Å²) in [4.78, 5) is 10.6. The minimum absolute atomic E-state index is 0.0451. The zero-order valence-corrected chi connectivity index (χ0v) is 28.1. The first kappa shape index (κ1) is 31.3. The fraction of sp³-hybridized carbons (Fsp3) is 0.364. The van der Waals surface area contributed by atoms with Crippen molar-refractivity contribution in [3.05, 3.63) is 43.0 Å². The molecule has 0 fully saturated rings. The number of hydrogen-bond acceptors (Lipinski definition) is 7. The summed E-state index contributed by atoms with van der Waals surface area (Å²) >= 11 is 3.68. The number of aromatic nitrogens is 4. The third-order valence-electron chi connectivity index (χ3n) is 5.16. The van der Waals surface area contributed by atoms with E-state index in [4.69, 9.17) is 4.74 Å². The molecule has 0 amide bonds. The summed E-state index contributed by atoms with van der Waals surface area (Å²) in [6, 6.07) is 6.55. The van der Waals surface area contributed by atoms with Gasteiger partial charge in [0.2, 0.25) is 30.0 Å². The third-order valence-corrected chi connectivity index (χ3v) is 10.4. The average Bonchev–Trinajstić information content (AvgIpc) is 3.33. The standard InChI is InChI=1S/C14H20FIN2O3SSi.C8H6FIN2O2S/c1-22(19,20)14-17-12-8-11(16)10(15)7-13(12)18(14)9-21-5-6-23(2,3)4;1-15(13,14)8-11-6-2-4(9)5(10)3-7(6)12-8/h7-8H,5-6,9H2,1-4H3;2-3H,1H3,(H,11,12). The van der Waals surface area contributed by atoms with Gasteiger partial charge in [0.05, 0.1) is 29.2 Å². The van der Waals surface area contributed by atoms with Crippen LogP contribution in [0, 0.1) is 18.8 Å². The highest BCUT2D eigenvalue weighted by Gasteiger charge is 2.21. The number of nitrogens with one attached hydrogen (secondary N) is 1. The molecule has 38 heavy (non-hydrogen) atoms. The van der Waals surface area contributed by atoms with Crippen LogP contribution in [0.2, 0.25) is 25.7 Å². The van der Waals surface area contributed by atoms with Crippen molar-refractivity contribution in [2.75, 3.05) is 19.1 Å². The number of rotatable bonds is 7. The number of ether oxygens (including phenoxy) is 1. The summed E-state index contributed by atoms with van der Waals surface area (Å²) in [6.45, 7) is 7.31. The summed E-state index contributed by atoms with van der Waals surface area (Å²) in [6.07, 6.45) is 2.14. The minimum atomic E-state index is -3.53. The molecule has 0 atom stereocenters. The first-order valence-corrected chi connectivity index (χ1v) is 20.7. The zero-order chi connectivity index (χ0) is 28.6. The molecular formula is C22H26F2I2N4O5S2Si. The van der Waals surface area contributed by atoms with Crippen molar-refractivity contribution in [2.45, 2.75) is 42.7 Å². The van der Waals surface area contributed by atoms with Crippen LogP contribution < -0.4 is 0 Å². The SMILES string of the molecule is CS(=O)(=O)c1nc2cc(I)c(F)cc2[nH]1.C[Si](C)(C)CCOCn1c(S(C)(=O)=O)nc2cc(I)c(F)cc21. The molecule has 0 radical (unpaired) electrons. The Kier molecular flexibility index (Phi) is 9.65. The monoisotopic (exact) mass is 810 g/mol. The summed E-state index contributed by atoms with van der Waals surface area (Å²) in [5.74, 6) is -0.798. The average molecular weight is 810 g/mol. The maximum absolute atomic E-state index is 13.8. The highest BCUT2D eigenvalue weighted by atomic mass is 127. The van der Waals surface area contributed by atoms with E-state index >= 15 is 0 Å². The molecule has 2 heterocycles. The quantitative estimate of drug-likeness (QED) is 0.155. The van der Waals surface area contributed by atoms with Crippen molar-refractivity contribution >= 4 is 95.0 Å². The Labute approximate surface area is 247 Å². The second-order valence-electron chi connectivity index (χ2n) is 9.80. The molecule has 0 saturated heterocycles. The van der Waals surface area contributed by atoms with Gasteiger partial charge in [-0.05, 0) is 63.4 Å². The predicted octanol–water partition coefficient (Wildman–Crippen LogP) is 5.21. The first-order valence-electron chi connectivity index (χ1n) is 11.0. The molecule has 0 unspecified atom stereocenters. The highest BCUT2D eigenvalue weighted by Crippen LogP contribution is 2.24. The van der Waals surface area contributed by atoms with Crippen LogP contribution in [-0.2, 0) is 31.1 Å². The molecule has 16 heteroatoms. The van der Waals surface area contributed by atoms with Gasteiger partial charge in [-0.15, -0.1) is 0 Å². The third kappa shape index (κ3) is 7.92. The number of sulfone groups is 2. The lowest BCUT2D eigenvalue weighted by atomic mass is 10.3. The topological polar surface area (TPSA) is 124 Å². The second-order valence-corrected chi connectivity index (χ2v) is 21.6. The molecule has 208 valence electrons. The molecule has 0 bridgehead atoms. The van der Waals surface area contributed by atoms with Crippen LogP contribution in [0.25, 0.3) is 22.1 Å². The molecule has 9 nitrogen and oxygen atoms in total. The summed E-state index contributed by atoms with van der Waals surface area (Å²) < 4.78 is 81.1. The van der Waals surface area contributed by atoms with Gasteiger partial charge < -0.3 is 9.72 Å². The fourth-order valence-electron chi connectivity index (χ4n) is 3.20. The van der Waals surface area contributed by atoms with Gasteiger partial charge in [-0.3, -0.25) is 4.57 Å². The maximum atomic E-state index is 13.8. The predicted molar refractivity (Wildman–Crippen MR) is 162 cm³/mol. The Bertz CT molecular complexity index is 1680. The normalized spacial score (nSPS) is 12.7. The minimum Gasteiger partial charge on any atom is -0.361 e. The summed E-state index contributed by atoms with van der Waals surface area (Å²) in [7, 11) is -8.14. The number of benzene rings is 2. The second kappa shape index (κ2) is 11.7. The molecule has 4 aromatic rings. The Morgan fingerprint density at radius 2 is 1.50 bits per heavy atom. The largest absolute Gasteiger partial charge is 0.361 e. The Morgan fingerprint density at radius 3 is 2.05 bits per heavy atom. The van der Waals surface area contributed by atoms with Crippen molar-refractivity contribution in [3.63, 3.8) is 0 Å². The maximum Gasteiger partial charge on any atom is 0.230 e. The Morgan fingerprint density at radius 1 is 0.921 bits per heavy atom. The van der Waals surface area contributed by atoms with Gasteiger partial charge in [0, 0.05) is 39.3 Å². The van der Waals surface area contributed by atoms with Gasteiger partial charge in [-0.1, -0.05) is 19.6 Å². The van der Waals surface area contributed by atoms with E-state index in [1.807, 2.05) is 45.2 Å². The van der Waals surface area contributed by atoms with E-state index in [0.717, 1.165) is 18.6 Å². The van der Waals surface area contributed by atoms with Gasteiger partial charge in [0.15, 0.2) is 0 Å². The van der Waals surface area contributed by atoms with Crippen LogP contribution >= 0.6 is 45.2 Å². The number of fused-ring (bicyclic) bond motifs is 2. The number of hydrogen-bond donors (Lipinski definition) is 1. The molecule has 4 rings (SSSR count). The highest BCUT2D eigenvalue weighted by molar-refractivity contribution is 14.1. The first-order chi connectivity index (χ1) is 17.4. The van der Waals surface area contributed by atoms with Gasteiger partial charge >= 0.3 is 0 Å². The number of nitrogens with zero attached hydrogens (tertiary/aromatic N) is 3. The molecular weight excluding hydrogens is 784 g/mol. The van der Waals surface area contributed by atoms with Crippen molar-refractivity contribution in [3.8, 4) is 0 Å². The number of aromatic amines is 1. The molecule has 2 aromatic carbocycles. The van der Waals surface area contributed by atoms with E-state index in [0.29, 0.717) is 35.8 Å². The Hall–Kier alpha value is -1.22. The van der Waals surface area contributed by atoms with E-state index in [1.165, 1.54) is 22.8 Å². The number of H-pyrrole nitrogens is 1. The van der Waals surface area contributed by atoms with Crippen molar-refractivity contribution in [2.24, 2.45) is 0 Å². The van der Waals surface area contributed by atoms with Crippen molar-refractivity contribution in [1.29, 1.82) is 0 Å². The van der Waals surface area contributed by atoms with E-state index < -0.39 is 39.4 Å². The lowest BCUT2D eigenvalue weighted by Gasteiger charge is -2.16. The molecule has 2 aromatic heterocycles. The van der Waals surface area contributed by atoms with E-state index in [9.17, 15) is 25.6 Å². The van der Waals surface area contributed by atoms with E-state index in [2.05, 4.69) is 34.6 Å². The smallest absolute Gasteiger partial charge is 0.230 e. The number of imidazole rings is 2. The van der Waals surface area contributed by atoms with E-state index in [1.54, 1.807) is 6.07 Å². The van der Waals surface area contributed by atoms with Gasteiger partial charge in [-0.2, -0.15) is 0 Å². The Balaban J connectivity index is 0.000000230. The van der Waals surface area contributed by atoms with Crippen LogP contribution in [-0.4, -0.2) is 63.5 Å². The molecule has 0 saturated carbocycles. The summed E-state index contributed by atoms with van der Waals surface area (Å²) in [5.41, 5.74) is 1.70. The van der Waals surface area contributed by atoms with Gasteiger partial charge in [0.25, 0.3) is 0 Å². The number of halogens is 4. The van der Waals surface area contributed by atoms with Crippen molar-refractivity contribution < 1.29 is 30.4 Å². The lowest BCUT2D eigenvalue weighted by Crippen LogP contribution is -2.22. The van der Waals surface area contributed by atoms with Crippen LogP contribution in [0.5, 0.6) is 0 Å². The molecule has 0 aliphatic heterocycles. The van der Waals surface area contributed by atoms with Gasteiger partial charge in [0.1, 0.15) is 18.4 Å². The lowest BCUT2D eigenvalue weighted by molar-refractivity contribution is 0.0838. The molecule has 0 aliphatic rings. The summed E-state index contributed by atoms with van der Waals surface area (Å²) in [5, 5.41) is -0.235. The molecule has 1 N–H and O–H groups in total. The van der Waals surface area contributed by atoms with E-state index in [-0.39, 0.29) is 17.0 Å². The van der Waals surface area contributed by atoms with Crippen molar-refractivity contribution in [1.82, 2.24) is 19.5 Å². The zero-order valence-electron chi connectivity index (χ0n) is 21.1. The molecule has 0 aliphatic carbocycles. The fourth-order valence-corrected chi connectivity index (χ4v) is 6.23. The van der Waals surface area contributed by atoms with Crippen LogP contribution in [0.1, 0.15) is 0 Å². The van der Waals surface area contributed by atoms with Crippen LogP contribution in [0.3, 0.4) is 0 Å². The van der Waals surface area contributed by atoms with Crippen LogP contribution in [0.15, 0.2) is 34.6 Å².